The first-order chi connectivity index (χ1) is 10.7. The zero-order valence-electron chi connectivity index (χ0n) is 12.9. The Kier molecular flexibility index (Phi) is 6.48. The summed E-state index contributed by atoms with van der Waals surface area (Å²) in [7, 11) is 0. The molecule has 1 aliphatic heterocycles. The molecule has 6 nitrogen and oxygen atoms in total. The lowest BCUT2D eigenvalue weighted by atomic mass is 10.0. The van der Waals surface area contributed by atoms with E-state index in [0.29, 0.717) is 26.4 Å². The van der Waals surface area contributed by atoms with E-state index in [0.717, 1.165) is 25.1 Å². The lowest BCUT2D eigenvalue weighted by molar-refractivity contribution is -0.139. The highest BCUT2D eigenvalue weighted by molar-refractivity contribution is 5.72. The van der Waals surface area contributed by atoms with Crippen molar-refractivity contribution in [2.75, 3.05) is 38.2 Å². The maximum atomic E-state index is 10.6. The van der Waals surface area contributed by atoms with E-state index < -0.39 is 12.0 Å². The zero-order chi connectivity index (χ0) is 15.8. The predicted molar refractivity (Wildman–Crippen MR) is 84.7 cm³/mol. The summed E-state index contributed by atoms with van der Waals surface area (Å²) in [6.07, 6.45) is 2.24. The average Bonchev–Trinajstić information content (AvgIpc) is 2.53. The van der Waals surface area contributed by atoms with Gasteiger partial charge in [-0.05, 0) is 43.5 Å². The van der Waals surface area contributed by atoms with E-state index in [-0.39, 0.29) is 0 Å². The van der Waals surface area contributed by atoms with Crippen LogP contribution >= 0.6 is 0 Å². The van der Waals surface area contributed by atoms with Crippen LogP contribution in [0.15, 0.2) is 18.2 Å². The van der Waals surface area contributed by atoms with Gasteiger partial charge in [0.25, 0.3) is 0 Å². The van der Waals surface area contributed by atoms with Gasteiger partial charge in [-0.25, -0.2) is 0 Å². The lowest BCUT2D eigenvalue weighted by Crippen LogP contribution is -2.36. The smallest absolute Gasteiger partial charge is 0.320 e. The Balaban J connectivity index is 1.58. The first kappa shape index (κ1) is 16.6. The fourth-order valence-corrected chi connectivity index (χ4v) is 2.30. The van der Waals surface area contributed by atoms with Crippen molar-refractivity contribution in [2.24, 2.45) is 0 Å². The third kappa shape index (κ3) is 5.20. The van der Waals surface area contributed by atoms with Crippen molar-refractivity contribution >= 4 is 11.7 Å². The summed E-state index contributed by atoms with van der Waals surface area (Å²) in [6, 6.07) is 5.55. The third-order valence-corrected chi connectivity index (χ3v) is 3.58. The number of carbonyl (C=O) groups is 1. The number of nitrogens with one attached hydrogen (secondary N) is 2. The van der Waals surface area contributed by atoms with Crippen LogP contribution in [0.25, 0.3) is 0 Å². The van der Waals surface area contributed by atoms with E-state index in [1.54, 1.807) is 6.92 Å². The fraction of sp³-hybridized carbons (Fsp3) is 0.562. The molecular formula is C16H24N2O4. The van der Waals surface area contributed by atoms with Crippen molar-refractivity contribution in [1.82, 2.24) is 5.32 Å². The molecule has 0 spiro atoms. The minimum atomic E-state index is -0.856. The number of hydrogen-bond acceptors (Lipinski definition) is 5. The first-order valence-corrected chi connectivity index (χ1v) is 7.70. The van der Waals surface area contributed by atoms with Crippen LogP contribution in [-0.2, 0) is 16.0 Å². The van der Waals surface area contributed by atoms with Gasteiger partial charge in [-0.15, -0.1) is 0 Å². The molecule has 0 saturated heterocycles. The second-order valence-electron chi connectivity index (χ2n) is 5.32. The highest BCUT2D eigenvalue weighted by Gasteiger charge is 2.09. The van der Waals surface area contributed by atoms with Crippen molar-refractivity contribution in [1.29, 1.82) is 0 Å². The largest absolute Gasteiger partial charge is 0.491 e. The van der Waals surface area contributed by atoms with Gasteiger partial charge in [0.2, 0.25) is 0 Å². The van der Waals surface area contributed by atoms with Crippen molar-refractivity contribution in [3.63, 3.8) is 0 Å². The normalized spacial score (nSPS) is 14.8. The monoisotopic (exact) mass is 308 g/mol. The maximum Gasteiger partial charge on any atom is 0.320 e. The molecule has 0 aliphatic carbocycles. The van der Waals surface area contributed by atoms with E-state index >= 15 is 0 Å². The standard InChI is InChI=1S/C16H24N2O4/c1-12(16(19)20)17-7-8-21-9-10-22-14-4-5-15-13(11-14)3-2-6-18-15/h4-5,11-12,17-18H,2-3,6-10H2,1H3,(H,19,20). The summed E-state index contributed by atoms with van der Waals surface area (Å²) < 4.78 is 11.1. The molecule has 0 aromatic heterocycles. The lowest BCUT2D eigenvalue weighted by Gasteiger charge is -2.18. The van der Waals surface area contributed by atoms with Gasteiger partial charge in [0.1, 0.15) is 18.4 Å². The number of aryl methyl sites for hydroxylation is 1. The van der Waals surface area contributed by atoms with Gasteiger partial charge in [0, 0.05) is 18.8 Å². The van der Waals surface area contributed by atoms with Crippen LogP contribution in [0.3, 0.4) is 0 Å². The second kappa shape index (κ2) is 8.60. The van der Waals surface area contributed by atoms with Gasteiger partial charge >= 0.3 is 5.97 Å². The average molecular weight is 308 g/mol. The molecule has 1 aliphatic rings. The summed E-state index contributed by atoms with van der Waals surface area (Å²) in [5, 5.41) is 14.9. The highest BCUT2D eigenvalue weighted by Crippen LogP contribution is 2.26. The van der Waals surface area contributed by atoms with Crippen LogP contribution in [0.2, 0.25) is 0 Å². The molecule has 0 fully saturated rings. The van der Waals surface area contributed by atoms with Crippen LogP contribution in [0, 0.1) is 0 Å². The molecule has 22 heavy (non-hydrogen) atoms. The summed E-state index contributed by atoms with van der Waals surface area (Å²) in [5.41, 5.74) is 2.50. The number of anilines is 1. The molecule has 1 heterocycles. The van der Waals surface area contributed by atoms with Crippen LogP contribution < -0.4 is 15.4 Å². The second-order valence-corrected chi connectivity index (χ2v) is 5.32. The molecule has 1 atom stereocenters. The number of carboxylic acid groups (broad SMARTS) is 1. The Bertz CT molecular complexity index is 493. The number of rotatable bonds is 9. The minimum Gasteiger partial charge on any atom is -0.491 e. The topological polar surface area (TPSA) is 79.8 Å². The zero-order valence-corrected chi connectivity index (χ0v) is 12.9. The fourth-order valence-electron chi connectivity index (χ4n) is 2.30. The van der Waals surface area contributed by atoms with Gasteiger partial charge in [-0.1, -0.05) is 0 Å². The molecule has 1 unspecified atom stereocenters. The van der Waals surface area contributed by atoms with Gasteiger partial charge < -0.3 is 25.2 Å². The number of ether oxygens (including phenoxy) is 2. The molecule has 0 saturated carbocycles. The number of benzene rings is 1. The Morgan fingerprint density at radius 3 is 3.09 bits per heavy atom. The van der Waals surface area contributed by atoms with Gasteiger partial charge in [-0.2, -0.15) is 0 Å². The molecule has 6 heteroatoms. The van der Waals surface area contributed by atoms with Crippen LogP contribution in [0.5, 0.6) is 5.75 Å². The van der Waals surface area contributed by atoms with Crippen molar-refractivity contribution in [2.45, 2.75) is 25.8 Å². The van der Waals surface area contributed by atoms with Crippen molar-refractivity contribution in [3.8, 4) is 5.75 Å². The molecule has 0 amide bonds. The molecule has 122 valence electrons. The van der Waals surface area contributed by atoms with Crippen LogP contribution in [0.1, 0.15) is 18.9 Å². The summed E-state index contributed by atoms with van der Waals surface area (Å²) in [6.45, 7) is 4.60. The molecule has 0 radical (unpaired) electrons. The number of hydrogen-bond donors (Lipinski definition) is 3. The van der Waals surface area contributed by atoms with E-state index in [4.69, 9.17) is 14.6 Å². The number of fused-ring (bicyclic) bond motifs is 1. The Morgan fingerprint density at radius 2 is 2.27 bits per heavy atom. The number of carboxylic acids is 1. The van der Waals surface area contributed by atoms with Crippen molar-refractivity contribution < 1.29 is 19.4 Å². The summed E-state index contributed by atoms with van der Waals surface area (Å²) >= 11 is 0. The highest BCUT2D eigenvalue weighted by atomic mass is 16.5. The molecule has 2 rings (SSSR count). The summed E-state index contributed by atoms with van der Waals surface area (Å²) in [4.78, 5) is 10.6. The third-order valence-electron chi connectivity index (χ3n) is 3.58. The summed E-state index contributed by atoms with van der Waals surface area (Å²) in [5.74, 6) is 0.00825. The molecular weight excluding hydrogens is 284 g/mol. The maximum absolute atomic E-state index is 10.6. The number of aliphatic carboxylic acids is 1. The first-order valence-electron chi connectivity index (χ1n) is 7.70. The van der Waals surface area contributed by atoms with E-state index in [1.807, 2.05) is 6.07 Å². The van der Waals surface area contributed by atoms with Crippen LogP contribution in [-0.4, -0.2) is 50.0 Å². The van der Waals surface area contributed by atoms with Crippen LogP contribution in [0.4, 0.5) is 5.69 Å². The molecule has 1 aromatic carbocycles. The Labute approximate surface area is 130 Å². The molecule has 1 aromatic rings. The van der Waals surface area contributed by atoms with E-state index in [1.165, 1.54) is 11.3 Å². The van der Waals surface area contributed by atoms with Crippen molar-refractivity contribution in [3.05, 3.63) is 23.8 Å². The van der Waals surface area contributed by atoms with Gasteiger partial charge in [0.15, 0.2) is 0 Å². The molecule has 0 bridgehead atoms. The SMILES string of the molecule is CC(NCCOCCOc1ccc2c(c1)CCCN2)C(=O)O. The quantitative estimate of drug-likeness (QED) is 0.600. The molecule has 3 N–H and O–H groups in total. The van der Waals surface area contributed by atoms with Gasteiger partial charge in [0.05, 0.1) is 13.2 Å². The minimum absolute atomic E-state index is 0.467. The predicted octanol–water partition coefficient (Wildman–Crippen LogP) is 1.50. The Morgan fingerprint density at radius 1 is 1.41 bits per heavy atom. The van der Waals surface area contributed by atoms with Gasteiger partial charge in [-0.3, -0.25) is 4.79 Å². The van der Waals surface area contributed by atoms with E-state index in [9.17, 15) is 4.79 Å². The van der Waals surface area contributed by atoms with E-state index in [2.05, 4.69) is 22.8 Å². The Hall–Kier alpha value is -1.79.